The van der Waals surface area contributed by atoms with Gasteiger partial charge in [-0.25, -0.2) is 4.39 Å². The molecule has 0 aliphatic heterocycles. The van der Waals surface area contributed by atoms with Gasteiger partial charge < -0.3 is 4.74 Å². The lowest BCUT2D eigenvalue weighted by Crippen LogP contribution is -1.94. The number of nitrogens with zero attached hydrogens (tertiary/aromatic N) is 1. The molecule has 0 saturated carbocycles. The molecule has 0 N–H and O–H groups in total. The second-order valence-electron chi connectivity index (χ2n) is 2.89. The minimum Gasteiger partial charge on any atom is -0.495 e. The molecule has 0 spiro atoms. The average molecular weight is 270 g/mol. The first-order valence-electron chi connectivity index (χ1n) is 4.20. The average Bonchev–Trinajstić information content (AvgIpc) is 2.21. The van der Waals surface area contributed by atoms with Crippen molar-refractivity contribution in [1.82, 2.24) is 0 Å². The maximum absolute atomic E-state index is 13.5. The summed E-state index contributed by atoms with van der Waals surface area (Å²) in [5.74, 6) is -0.154. The van der Waals surface area contributed by atoms with Gasteiger partial charge in [0.1, 0.15) is 11.6 Å². The molecule has 78 valence electrons. The molecule has 0 aliphatic rings. The van der Waals surface area contributed by atoms with Gasteiger partial charge in [-0.1, -0.05) is 15.9 Å². The van der Waals surface area contributed by atoms with E-state index in [4.69, 9.17) is 10.00 Å². The molecule has 0 aliphatic carbocycles. The molecular formula is C11H9BrFNO. The molecule has 1 rings (SSSR count). The fraction of sp³-hybridized carbons (Fsp3) is 0.182. The molecule has 0 radical (unpaired) electrons. The quantitative estimate of drug-likeness (QED) is 0.608. The van der Waals surface area contributed by atoms with Gasteiger partial charge in [0.25, 0.3) is 0 Å². The summed E-state index contributed by atoms with van der Waals surface area (Å²) < 4.78 is 19.2. The van der Waals surface area contributed by atoms with Crippen LogP contribution in [-0.4, -0.2) is 7.11 Å². The third-order valence-electron chi connectivity index (χ3n) is 1.89. The molecule has 1 aromatic rings. The molecule has 0 saturated heterocycles. The summed E-state index contributed by atoms with van der Waals surface area (Å²) in [6.07, 6.45) is 0. The summed E-state index contributed by atoms with van der Waals surface area (Å²) in [6.45, 7) is 1.58. The summed E-state index contributed by atoms with van der Waals surface area (Å²) in [4.78, 5) is 0. The number of halogens is 2. The van der Waals surface area contributed by atoms with E-state index in [0.717, 1.165) is 0 Å². The number of hydrogen-bond donors (Lipinski definition) is 0. The fourth-order valence-electron chi connectivity index (χ4n) is 1.19. The van der Waals surface area contributed by atoms with Crippen LogP contribution in [0.5, 0.6) is 0 Å². The number of benzene rings is 1. The molecule has 2 nitrogen and oxygen atoms in total. The van der Waals surface area contributed by atoms with Crippen LogP contribution in [0, 0.1) is 17.1 Å². The van der Waals surface area contributed by atoms with Gasteiger partial charge in [0.2, 0.25) is 0 Å². The van der Waals surface area contributed by atoms with E-state index in [-0.39, 0.29) is 5.76 Å². The lowest BCUT2D eigenvalue weighted by atomic mass is 10.1. The predicted octanol–water partition coefficient (Wildman–Crippen LogP) is 3.49. The van der Waals surface area contributed by atoms with Gasteiger partial charge in [-0.15, -0.1) is 0 Å². The normalized spacial score (nSPS) is 11.7. The third-order valence-corrected chi connectivity index (χ3v) is 2.38. The van der Waals surface area contributed by atoms with Crippen LogP contribution >= 0.6 is 15.9 Å². The number of hydrogen-bond acceptors (Lipinski definition) is 2. The lowest BCUT2D eigenvalue weighted by Gasteiger charge is -2.08. The maximum atomic E-state index is 13.5. The van der Waals surface area contributed by atoms with Crippen LogP contribution in [0.4, 0.5) is 4.39 Å². The van der Waals surface area contributed by atoms with Gasteiger partial charge >= 0.3 is 0 Å². The molecule has 0 heterocycles. The molecule has 4 heteroatoms. The first-order chi connectivity index (χ1) is 7.10. The number of methoxy groups -OCH3 is 1. The number of nitriles is 1. The van der Waals surface area contributed by atoms with Crippen molar-refractivity contribution < 1.29 is 9.13 Å². The molecule has 1 aromatic carbocycles. The monoisotopic (exact) mass is 269 g/mol. The van der Waals surface area contributed by atoms with Crippen molar-refractivity contribution in [3.63, 3.8) is 0 Å². The van der Waals surface area contributed by atoms with Crippen LogP contribution in [0.25, 0.3) is 5.76 Å². The van der Waals surface area contributed by atoms with E-state index in [0.29, 0.717) is 15.6 Å². The Morgan fingerprint density at radius 2 is 2.20 bits per heavy atom. The van der Waals surface area contributed by atoms with Gasteiger partial charge in [0.15, 0.2) is 0 Å². The van der Waals surface area contributed by atoms with E-state index < -0.39 is 5.82 Å². The standard InChI is InChI=1S/C11H9BrFNO/c1-7(6-14)11(15-2)9-4-3-8(12)5-10(9)13/h3-5H,1-2H3. The predicted molar refractivity (Wildman–Crippen MR) is 59.3 cm³/mol. The molecule has 0 aromatic heterocycles. The van der Waals surface area contributed by atoms with Crippen LogP contribution in [0.15, 0.2) is 28.2 Å². The number of ether oxygens (including phenoxy) is 1. The first kappa shape index (κ1) is 11.7. The highest BCUT2D eigenvalue weighted by molar-refractivity contribution is 9.10. The van der Waals surface area contributed by atoms with Crippen LogP contribution in [0.1, 0.15) is 12.5 Å². The number of rotatable bonds is 2. The SMILES string of the molecule is COC(=C(C)C#N)c1ccc(Br)cc1F. The Hall–Kier alpha value is -1.34. The van der Waals surface area contributed by atoms with Gasteiger partial charge in [0, 0.05) is 4.47 Å². The van der Waals surface area contributed by atoms with Gasteiger partial charge in [-0.2, -0.15) is 5.26 Å². The van der Waals surface area contributed by atoms with Crippen molar-refractivity contribution in [2.45, 2.75) is 6.92 Å². The summed E-state index contributed by atoms with van der Waals surface area (Å²) >= 11 is 3.16. The van der Waals surface area contributed by atoms with Crippen molar-refractivity contribution in [3.8, 4) is 6.07 Å². The minimum absolute atomic E-state index is 0.266. The Morgan fingerprint density at radius 1 is 1.53 bits per heavy atom. The van der Waals surface area contributed by atoms with Gasteiger partial charge in [-0.05, 0) is 25.1 Å². The third kappa shape index (κ3) is 2.57. The molecule has 0 atom stereocenters. The molecule has 15 heavy (non-hydrogen) atoms. The Kier molecular flexibility index (Phi) is 3.87. The smallest absolute Gasteiger partial charge is 0.142 e. The van der Waals surface area contributed by atoms with Crippen molar-refractivity contribution in [2.75, 3.05) is 7.11 Å². The molecule has 0 fully saturated rings. The lowest BCUT2D eigenvalue weighted by molar-refractivity contribution is 0.365. The molecule has 0 bridgehead atoms. The maximum Gasteiger partial charge on any atom is 0.142 e. The number of allylic oxidation sites excluding steroid dienone is 1. The van der Waals surface area contributed by atoms with E-state index in [1.807, 2.05) is 6.07 Å². The zero-order valence-corrected chi connectivity index (χ0v) is 9.93. The topological polar surface area (TPSA) is 33.0 Å². The fourth-order valence-corrected chi connectivity index (χ4v) is 1.52. The van der Waals surface area contributed by atoms with E-state index in [2.05, 4.69) is 15.9 Å². The van der Waals surface area contributed by atoms with E-state index in [9.17, 15) is 4.39 Å². The van der Waals surface area contributed by atoms with Crippen molar-refractivity contribution in [3.05, 3.63) is 39.6 Å². The molecular weight excluding hydrogens is 261 g/mol. The first-order valence-corrected chi connectivity index (χ1v) is 4.99. The van der Waals surface area contributed by atoms with Gasteiger partial charge in [0.05, 0.1) is 24.3 Å². The second kappa shape index (κ2) is 4.94. The van der Waals surface area contributed by atoms with Crippen molar-refractivity contribution >= 4 is 21.7 Å². The van der Waals surface area contributed by atoms with E-state index >= 15 is 0 Å². The highest BCUT2D eigenvalue weighted by Crippen LogP contribution is 2.24. The highest BCUT2D eigenvalue weighted by atomic mass is 79.9. The van der Waals surface area contributed by atoms with E-state index in [1.54, 1.807) is 19.1 Å². The van der Waals surface area contributed by atoms with Crippen molar-refractivity contribution in [2.24, 2.45) is 0 Å². The van der Waals surface area contributed by atoms with Crippen LogP contribution < -0.4 is 0 Å². The zero-order valence-electron chi connectivity index (χ0n) is 8.34. The summed E-state index contributed by atoms with van der Waals surface area (Å²) in [7, 11) is 1.41. The molecule has 0 amide bonds. The zero-order chi connectivity index (χ0) is 11.4. The summed E-state index contributed by atoms with van der Waals surface area (Å²) in [5.41, 5.74) is 0.637. The Morgan fingerprint density at radius 3 is 2.67 bits per heavy atom. The highest BCUT2D eigenvalue weighted by Gasteiger charge is 2.11. The van der Waals surface area contributed by atoms with Crippen LogP contribution in [-0.2, 0) is 4.74 Å². The molecule has 0 unspecified atom stereocenters. The van der Waals surface area contributed by atoms with Crippen LogP contribution in [0.2, 0.25) is 0 Å². The largest absolute Gasteiger partial charge is 0.495 e. The minimum atomic E-state index is -0.421. The Bertz CT molecular complexity index is 448. The second-order valence-corrected chi connectivity index (χ2v) is 3.81. The summed E-state index contributed by atoms with van der Waals surface area (Å²) in [6, 6.07) is 6.53. The van der Waals surface area contributed by atoms with Crippen LogP contribution in [0.3, 0.4) is 0 Å². The Labute approximate surface area is 96.1 Å². The van der Waals surface area contributed by atoms with Gasteiger partial charge in [-0.3, -0.25) is 0 Å². The van der Waals surface area contributed by atoms with Crippen molar-refractivity contribution in [1.29, 1.82) is 5.26 Å². The Balaban J connectivity index is 3.33. The van der Waals surface area contributed by atoms with E-state index in [1.165, 1.54) is 13.2 Å². The summed E-state index contributed by atoms with van der Waals surface area (Å²) in [5, 5.41) is 8.72.